The van der Waals surface area contributed by atoms with Crippen molar-refractivity contribution in [2.75, 3.05) is 5.32 Å². The van der Waals surface area contributed by atoms with Crippen LogP contribution < -0.4 is 5.32 Å². The molecule has 0 aromatic carbocycles. The summed E-state index contributed by atoms with van der Waals surface area (Å²) in [5.74, 6) is 0.605. The predicted molar refractivity (Wildman–Crippen MR) is 86.2 cm³/mol. The van der Waals surface area contributed by atoms with Gasteiger partial charge in [-0.25, -0.2) is 9.67 Å². The molecule has 3 aromatic rings. The average molecular weight is 308 g/mol. The van der Waals surface area contributed by atoms with Gasteiger partial charge in [-0.3, -0.25) is 9.78 Å². The Morgan fingerprint density at radius 1 is 1.13 bits per heavy atom. The van der Waals surface area contributed by atoms with Crippen molar-refractivity contribution >= 4 is 11.7 Å². The minimum absolute atomic E-state index is 0.199. The second-order valence-electron chi connectivity index (χ2n) is 5.17. The lowest BCUT2D eigenvalue weighted by atomic mass is 10.2. The molecule has 3 aromatic heterocycles. The number of anilines is 1. The third-order valence-electron chi connectivity index (χ3n) is 3.14. The van der Waals surface area contributed by atoms with Gasteiger partial charge >= 0.3 is 0 Å². The van der Waals surface area contributed by atoms with Gasteiger partial charge in [0.1, 0.15) is 5.82 Å². The third kappa shape index (κ3) is 3.23. The second-order valence-corrected chi connectivity index (χ2v) is 5.17. The summed E-state index contributed by atoms with van der Waals surface area (Å²) < 4.78 is 1.65. The zero-order valence-electron chi connectivity index (χ0n) is 13.1. The molecule has 0 spiro atoms. The zero-order valence-corrected chi connectivity index (χ0v) is 13.1. The Balaban J connectivity index is 2.15. The molecule has 0 atom stereocenters. The molecule has 1 amide bonds. The van der Waals surface area contributed by atoms with Crippen LogP contribution in [0.4, 0.5) is 5.82 Å². The maximum Gasteiger partial charge on any atom is 0.253 e. The molecule has 0 fully saturated rings. The molecule has 23 heavy (non-hydrogen) atoms. The van der Waals surface area contributed by atoms with Crippen LogP contribution in [0.3, 0.4) is 0 Å². The van der Waals surface area contributed by atoms with Crippen molar-refractivity contribution in [1.82, 2.24) is 24.7 Å². The Hall–Kier alpha value is -3.09. The van der Waals surface area contributed by atoms with Crippen LogP contribution in [0.25, 0.3) is 17.3 Å². The smallest absolute Gasteiger partial charge is 0.253 e. The van der Waals surface area contributed by atoms with Gasteiger partial charge in [0.05, 0.1) is 17.1 Å². The van der Waals surface area contributed by atoms with Gasteiger partial charge in [-0.05, 0) is 32.0 Å². The Morgan fingerprint density at radius 2 is 1.96 bits per heavy atom. The first-order chi connectivity index (χ1) is 11.0. The van der Waals surface area contributed by atoms with Crippen molar-refractivity contribution in [2.24, 2.45) is 0 Å². The molecule has 0 saturated heterocycles. The minimum Gasteiger partial charge on any atom is -0.311 e. The summed E-state index contributed by atoms with van der Waals surface area (Å²) in [6.45, 7) is 5.27. The van der Waals surface area contributed by atoms with Gasteiger partial charge in [0, 0.05) is 24.9 Å². The van der Waals surface area contributed by atoms with E-state index in [1.54, 1.807) is 16.9 Å². The van der Waals surface area contributed by atoms with Crippen LogP contribution in [0.1, 0.15) is 18.3 Å². The highest BCUT2D eigenvalue weighted by Crippen LogP contribution is 2.20. The summed E-state index contributed by atoms with van der Waals surface area (Å²) >= 11 is 0. The number of nitrogens with one attached hydrogen (secondary N) is 1. The van der Waals surface area contributed by atoms with Gasteiger partial charge in [-0.15, -0.1) is 0 Å². The molecule has 7 heteroatoms. The fourth-order valence-electron chi connectivity index (χ4n) is 2.25. The lowest BCUT2D eigenvalue weighted by Gasteiger charge is -2.09. The van der Waals surface area contributed by atoms with Crippen molar-refractivity contribution < 1.29 is 4.79 Å². The lowest BCUT2D eigenvalue weighted by molar-refractivity contribution is -0.114. The number of rotatable bonds is 3. The highest BCUT2D eigenvalue weighted by molar-refractivity contribution is 5.88. The largest absolute Gasteiger partial charge is 0.311 e. The van der Waals surface area contributed by atoms with Gasteiger partial charge in [-0.2, -0.15) is 10.1 Å². The van der Waals surface area contributed by atoms with Crippen LogP contribution in [-0.2, 0) is 4.79 Å². The summed E-state index contributed by atoms with van der Waals surface area (Å²) in [6.07, 6.45) is 1.69. The van der Waals surface area contributed by atoms with Crippen molar-refractivity contribution in [1.29, 1.82) is 0 Å². The number of amides is 1. The second kappa shape index (κ2) is 5.96. The van der Waals surface area contributed by atoms with Gasteiger partial charge in [0.25, 0.3) is 5.95 Å². The summed E-state index contributed by atoms with van der Waals surface area (Å²) in [6, 6.07) is 9.20. The number of nitrogens with zero attached hydrogens (tertiary/aromatic N) is 5. The maximum atomic E-state index is 11.4. The van der Waals surface area contributed by atoms with Crippen molar-refractivity contribution in [3.05, 3.63) is 47.9 Å². The Bertz CT molecular complexity index is 856. The maximum absolute atomic E-state index is 11.4. The number of hydrogen-bond donors (Lipinski definition) is 1. The Kier molecular flexibility index (Phi) is 3.84. The van der Waals surface area contributed by atoms with E-state index in [2.05, 4.69) is 25.4 Å². The Morgan fingerprint density at radius 3 is 2.57 bits per heavy atom. The van der Waals surface area contributed by atoms with Gasteiger partial charge < -0.3 is 5.32 Å². The molecule has 3 rings (SSSR count). The van der Waals surface area contributed by atoms with E-state index in [4.69, 9.17) is 0 Å². The van der Waals surface area contributed by atoms with E-state index in [0.717, 1.165) is 11.4 Å². The zero-order chi connectivity index (χ0) is 16.4. The number of aromatic nitrogens is 5. The molecule has 0 aliphatic carbocycles. The molecule has 0 aliphatic rings. The number of carbonyl (C=O) groups is 1. The number of pyridine rings is 1. The predicted octanol–water partition coefficient (Wildman–Crippen LogP) is 2.30. The first-order valence-electron chi connectivity index (χ1n) is 7.14. The molecule has 1 N–H and O–H groups in total. The van der Waals surface area contributed by atoms with E-state index in [1.165, 1.54) is 6.92 Å². The molecular formula is C16H16N6O. The van der Waals surface area contributed by atoms with E-state index >= 15 is 0 Å². The number of aryl methyl sites for hydroxylation is 2. The van der Waals surface area contributed by atoms with Crippen molar-refractivity contribution in [2.45, 2.75) is 20.8 Å². The highest BCUT2D eigenvalue weighted by atomic mass is 16.1. The monoisotopic (exact) mass is 308 g/mol. The SMILES string of the molecule is CC(=O)Nc1cc(-c2ccccn2)nc(-n2nc(C)cc2C)n1. The van der Waals surface area contributed by atoms with Crippen LogP contribution >= 0.6 is 0 Å². The summed E-state index contributed by atoms with van der Waals surface area (Å²) in [7, 11) is 0. The highest BCUT2D eigenvalue weighted by Gasteiger charge is 2.12. The van der Waals surface area contributed by atoms with Crippen LogP contribution in [0.2, 0.25) is 0 Å². The fraction of sp³-hybridized carbons (Fsp3) is 0.188. The van der Waals surface area contributed by atoms with Crippen LogP contribution in [0, 0.1) is 13.8 Å². The normalized spacial score (nSPS) is 10.6. The molecule has 0 radical (unpaired) electrons. The number of carbonyl (C=O) groups excluding carboxylic acids is 1. The average Bonchev–Trinajstić information content (AvgIpc) is 2.86. The number of hydrogen-bond acceptors (Lipinski definition) is 5. The van der Waals surface area contributed by atoms with E-state index < -0.39 is 0 Å². The third-order valence-corrected chi connectivity index (χ3v) is 3.14. The van der Waals surface area contributed by atoms with Crippen LogP contribution in [0.5, 0.6) is 0 Å². The first kappa shape index (κ1) is 14.8. The van der Waals surface area contributed by atoms with E-state index in [-0.39, 0.29) is 5.91 Å². The first-order valence-corrected chi connectivity index (χ1v) is 7.14. The quantitative estimate of drug-likeness (QED) is 0.802. The molecule has 7 nitrogen and oxygen atoms in total. The fourth-order valence-corrected chi connectivity index (χ4v) is 2.25. The molecule has 0 aliphatic heterocycles. The lowest BCUT2D eigenvalue weighted by Crippen LogP contribution is -2.12. The van der Waals surface area contributed by atoms with E-state index in [9.17, 15) is 4.79 Å². The molecule has 116 valence electrons. The summed E-state index contributed by atoms with van der Waals surface area (Å²) in [5, 5.41) is 7.09. The molecule has 3 heterocycles. The van der Waals surface area contributed by atoms with E-state index in [1.807, 2.05) is 38.1 Å². The standard InChI is InChI=1S/C16H16N6O/c1-10-8-11(2)22(21-10)16-19-14(13-6-4-5-7-17-13)9-15(20-16)18-12(3)23/h4-9H,1-3H3,(H,18,19,20,23). The Labute approximate surface area is 133 Å². The van der Waals surface area contributed by atoms with Crippen molar-refractivity contribution in [3.63, 3.8) is 0 Å². The van der Waals surface area contributed by atoms with Crippen molar-refractivity contribution in [3.8, 4) is 17.3 Å². The molecule has 0 saturated carbocycles. The molecule has 0 unspecified atom stereocenters. The van der Waals surface area contributed by atoms with Gasteiger partial charge in [0.2, 0.25) is 5.91 Å². The molecule has 0 bridgehead atoms. The molecular weight excluding hydrogens is 292 g/mol. The minimum atomic E-state index is -0.199. The van der Waals surface area contributed by atoms with Gasteiger partial charge in [-0.1, -0.05) is 6.07 Å². The van der Waals surface area contributed by atoms with E-state index in [0.29, 0.717) is 23.2 Å². The van der Waals surface area contributed by atoms with Gasteiger partial charge in [0.15, 0.2) is 0 Å². The van der Waals surface area contributed by atoms with Crippen LogP contribution in [-0.4, -0.2) is 30.6 Å². The summed E-state index contributed by atoms with van der Waals surface area (Å²) in [5.41, 5.74) is 3.10. The van der Waals surface area contributed by atoms with Crippen LogP contribution in [0.15, 0.2) is 36.5 Å². The topological polar surface area (TPSA) is 85.6 Å². The summed E-state index contributed by atoms with van der Waals surface area (Å²) in [4.78, 5) is 24.6.